The monoisotopic (exact) mass is 158 g/mol. The summed E-state index contributed by atoms with van der Waals surface area (Å²) in [7, 11) is 0. The summed E-state index contributed by atoms with van der Waals surface area (Å²) >= 11 is 0. The molecule has 11 heavy (non-hydrogen) atoms. The SMILES string of the molecule is CC(=O)C(NCN=O)C(C)C. The van der Waals surface area contributed by atoms with Gasteiger partial charge in [0.15, 0.2) is 0 Å². The van der Waals surface area contributed by atoms with Crippen LogP contribution in [0.15, 0.2) is 5.18 Å². The summed E-state index contributed by atoms with van der Waals surface area (Å²) in [5, 5.41) is 5.37. The molecule has 0 saturated carbocycles. The first-order valence-electron chi connectivity index (χ1n) is 3.62. The Balaban J connectivity index is 3.89. The molecule has 1 unspecified atom stereocenters. The van der Waals surface area contributed by atoms with E-state index in [9.17, 15) is 9.70 Å². The van der Waals surface area contributed by atoms with Crippen molar-refractivity contribution in [3.63, 3.8) is 0 Å². The van der Waals surface area contributed by atoms with E-state index in [-0.39, 0.29) is 24.4 Å². The van der Waals surface area contributed by atoms with Crippen molar-refractivity contribution in [3.05, 3.63) is 4.91 Å². The van der Waals surface area contributed by atoms with Gasteiger partial charge in [0.05, 0.1) is 6.04 Å². The van der Waals surface area contributed by atoms with Gasteiger partial charge in [-0.15, -0.1) is 4.91 Å². The molecule has 0 heterocycles. The smallest absolute Gasteiger partial charge is 0.146 e. The van der Waals surface area contributed by atoms with Crippen molar-refractivity contribution in [3.8, 4) is 0 Å². The highest BCUT2D eigenvalue weighted by atomic mass is 16.3. The third-order valence-electron chi connectivity index (χ3n) is 1.48. The van der Waals surface area contributed by atoms with E-state index in [1.54, 1.807) is 0 Å². The Labute approximate surface area is 66.3 Å². The number of nitrogens with zero attached hydrogens (tertiary/aromatic N) is 1. The van der Waals surface area contributed by atoms with Crippen molar-refractivity contribution in [1.29, 1.82) is 0 Å². The van der Waals surface area contributed by atoms with E-state index in [1.807, 2.05) is 13.8 Å². The number of carbonyl (C=O) groups is 1. The molecule has 0 spiro atoms. The Kier molecular flexibility index (Phi) is 4.61. The molecule has 0 rings (SSSR count). The fourth-order valence-electron chi connectivity index (χ4n) is 0.984. The molecule has 0 bridgehead atoms. The van der Waals surface area contributed by atoms with Gasteiger partial charge < -0.3 is 0 Å². The van der Waals surface area contributed by atoms with Crippen molar-refractivity contribution in [2.75, 3.05) is 6.67 Å². The van der Waals surface area contributed by atoms with Gasteiger partial charge in [-0.25, -0.2) is 0 Å². The predicted molar refractivity (Wildman–Crippen MR) is 43.1 cm³/mol. The second kappa shape index (κ2) is 4.96. The molecule has 4 heteroatoms. The molecule has 0 fully saturated rings. The van der Waals surface area contributed by atoms with Crippen LogP contribution in [0.4, 0.5) is 0 Å². The van der Waals surface area contributed by atoms with Crippen LogP contribution in [0.5, 0.6) is 0 Å². The lowest BCUT2D eigenvalue weighted by Gasteiger charge is -2.16. The van der Waals surface area contributed by atoms with Crippen molar-refractivity contribution >= 4 is 5.78 Å². The molecule has 1 N–H and O–H groups in total. The minimum atomic E-state index is -0.243. The third-order valence-corrected chi connectivity index (χ3v) is 1.48. The maximum absolute atomic E-state index is 10.9. The second-order valence-corrected chi connectivity index (χ2v) is 2.82. The van der Waals surface area contributed by atoms with Crippen LogP contribution in [-0.4, -0.2) is 18.5 Å². The molecule has 0 amide bonds. The van der Waals surface area contributed by atoms with Crippen LogP contribution in [0.2, 0.25) is 0 Å². The normalized spacial score (nSPS) is 13.1. The first-order chi connectivity index (χ1) is 5.09. The summed E-state index contributed by atoms with van der Waals surface area (Å²) < 4.78 is 0. The lowest BCUT2D eigenvalue weighted by Crippen LogP contribution is -2.39. The summed E-state index contributed by atoms with van der Waals surface area (Å²) in [5.41, 5.74) is 0. The van der Waals surface area contributed by atoms with Crippen LogP contribution >= 0.6 is 0 Å². The van der Waals surface area contributed by atoms with Crippen molar-refractivity contribution < 1.29 is 4.79 Å². The lowest BCUT2D eigenvalue weighted by atomic mass is 10.0. The van der Waals surface area contributed by atoms with Crippen molar-refractivity contribution in [2.45, 2.75) is 26.8 Å². The minimum Gasteiger partial charge on any atom is -0.298 e. The van der Waals surface area contributed by atoms with E-state index >= 15 is 0 Å². The zero-order valence-corrected chi connectivity index (χ0v) is 7.13. The Bertz CT molecular complexity index is 145. The quantitative estimate of drug-likeness (QED) is 0.605. The van der Waals surface area contributed by atoms with Crippen LogP contribution in [-0.2, 0) is 4.79 Å². The van der Waals surface area contributed by atoms with E-state index in [2.05, 4.69) is 10.5 Å². The summed E-state index contributed by atoms with van der Waals surface area (Å²) in [6, 6.07) is -0.243. The van der Waals surface area contributed by atoms with Gasteiger partial charge in [0, 0.05) is 0 Å². The highest BCUT2D eigenvalue weighted by Gasteiger charge is 2.16. The maximum Gasteiger partial charge on any atom is 0.146 e. The molecule has 0 aliphatic heterocycles. The molecule has 4 nitrogen and oxygen atoms in total. The van der Waals surface area contributed by atoms with Crippen LogP contribution in [0, 0.1) is 10.8 Å². The van der Waals surface area contributed by atoms with Gasteiger partial charge in [0.25, 0.3) is 0 Å². The second-order valence-electron chi connectivity index (χ2n) is 2.82. The van der Waals surface area contributed by atoms with Crippen LogP contribution < -0.4 is 5.32 Å². The molecule has 0 aromatic heterocycles. The average molecular weight is 158 g/mol. The molecule has 64 valence electrons. The molecule has 0 radical (unpaired) electrons. The Morgan fingerprint density at radius 1 is 1.55 bits per heavy atom. The van der Waals surface area contributed by atoms with Gasteiger partial charge in [-0.3, -0.25) is 10.1 Å². The van der Waals surface area contributed by atoms with Crippen molar-refractivity contribution in [2.24, 2.45) is 11.1 Å². The first-order valence-corrected chi connectivity index (χ1v) is 3.62. The molecule has 0 saturated heterocycles. The van der Waals surface area contributed by atoms with Gasteiger partial charge >= 0.3 is 0 Å². The summed E-state index contributed by atoms with van der Waals surface area (Å²) in [4.78, 5) is 20.6. The van der Waals surface area contributed by atoms with Gasteiger partial charge in [0.1, 0.15) is 12.5 Å². The summed E-state index contributed by atoms with van der Waals surface area (Å²) in [6.07, 6.45) is 0. The van der Waals surface area contributed by atoms with E-state index < -0.39 is 0 Å². The molecule has 0 aliphatic carbocycles. The fraction of sp³-hybridized carbons (Fsp3) is 0.857. The minimum absolute atomic E-state index is 0.00241. The maximum atomic E-state index is 10.9. The summed E-state index contributed by atoms with van der Waals surface area (Å²) in [6.45, 7) is 5.35. The average Bonchev–Trinajstić information content (AvgIpc) is 1.87. The number of nitrogens with one attached hydrogen (secondary N) is 1. The summed E-state index contributed by atoms with van der Waals surface area (Å²) in [5.74, 6) is 0.248. The van der Waals surface area contributed by atoms with Gasteiger partial charge in [-0.1, -0.05) is 19.0 Å². The van der Waals surface area contributed by atoms with Crippen LogP contribution in [0.25, 0.3) is 0 Å². The van der Waals surface area contributed by atoms with Crippen molar-refractivity contribution in [1.82, 2.24) is 5.32 Å². The topological polar surface area (TPSA) is 58.5 Å². The number of Topliss-reactive ketones (excluding diaryl/α,β-unsaturated/α-hetero) is 1. The third kappa shape index (κ3) is 3.83. The molecule has 0 aromatic rings. The fourth-order valence-corrected chi connectivity index (χ4v) is 0.984. The highest BCUT2D eigenvalue weighted by Crippen LogP contribution is 2.01. The highest BCUT2D eigenvalue weighted by molar-refractivity contribution is 5.81. The molecule has 1 atom stereocenters. The van der Waals surface area contributed by atoms with E-state index in [4.69, 9.17) is 0 Å². The van der Waals surface area contributed by atoms with Gasteiger partial charge in [-0.2, -0.15) is 0 Å². The molecular formula is C7H14N2O2. The number of nitroso groups, excluding NO2 is 1. The number of rotatable bonds is 5. The van der Waals surface area contributed by atoms with E-state index in [1.165, 1.54) is 6.92 Å². The van der Waals surface area contributed by atoms with E-state index in [0.29, 0.717) is 0 Å². The first kappa shape index (κ1) is 10.2. The number of hydrogen-bond acceptors (Lipinski definition) is 4. The zero-order valence-electron chi connectivity index (χ0n) is 7.13. The van der Waals surface area contributed by atoms with Gasteiger partial charge in [0.2, 0.25) is 0 Å². The lowest BCUT2D eigenvalue weighted by molar-refractivity contribution is -0.119. The Morgan fingerprint density at radius 2 is 2.09 bits per heavy atom. The van der Waals surface area contributed by atoms with Crippen LogP contribution in [0.3, 0.4) is 0 Å². The number of hydrogen-bond donors (Lipinski definition) is 1. The van der Waals surface area contributed by atoms with Gasteiger partial charge in [-0.05, 0) is 12.8 Å². The molecular weight excluding hydrogens is 144 g/mol. The predicted octanol–water partition coefficient (Wildman–Crippen LogP) is 0.913. The number of ketones is 1. The Morgan fingerprint density at radius 3 is 2.36 bits per heavy atom. The largest absolute Gasteiger partial charge is 0.298 e. The molecule has 0 aliphatic rings. The zero-order chi connectivity index (χ0) is 8.85. The van der Waals surface area contributed by atoms with Crippen LogP contribution in [0.1, 0.15) is 20.8 Å². The Hall–Kier alpha value is -0.770. The molecule has 0 aromatic carbocycles. The standard InChI is InChI=1S/C7H14N2O2/c1-5(2)7(6(3)10)8-4-9-11/h5,7-8H,4H2,1-3H3. The number of carbonyl (C=O) groups excluding carboxylic acids is 1. The van der Waals surface area contributed by atoms with E-state index in [0.717, 1.165) is 0 Å².